The first-order chi connectivity index (χ1) is 13.1. The van der Waals surface area contributed by atoms with Crippen molar-refractivity contribution in [3.8, 4) is 16.5 Å². The lowest BCUT2D eigenvalue weighted by molar-refractivity contribution is 0.510. The largest absolute Gasteiger partial charge is 0.419 e. The van der Waals surface area contributed by atoms with Crippen LogP contribution in [0.2, 0.25) is 0 Å². The van der Waals surface area contributed by atoms with Crippen LogP contribution in [0.1, 0.15) is 43.4 Å². The minimum Gasteiger partial charge on any atom is -0.419 e. The van der Waals surface area contributed by atoms with Gasteiger partial charge in [-0.1, -0.05) is 43.8 Å². The molecular formula is C18H18N6OS2. The Hall–Kier alpha value is -2.52. The fraction of sp³-hybridized carbons (Fsp3) is 0.278. The second-order valence-corrected chi connectivity index (χ2v) is 8.56. The Morgan fingerprint density at radius 3 is 2.56 bits per heavy atom. The molecule has 0 N–H and O–H groups in total. The number of hydrogen-bond acceptors (Lipinski definition) is 8. The van der Waals surface area contributed by atoms with Crippen LogP contribution in [0, 0.1) is 0 Å². The number of nitrogens with zero attached hydrogens (tertiary/aromatic N) is 6. The van der Waals surface area contributed by atoms with Crippen molar-refractivity contribution in [1.82, 2.24) is 30.4 Å². The van der Waals surface area contributed by atoms with Crippen LogP contribution < -0.4 is 0 Å². The van der Waals surface area contributed by atoms with Gasteiger partial charge in [-0.2, -0.15) is 4.68 Å². The van der Waals surface area contributed by atoms with E-state index in [-0.39, 0.29) is 5.25 Å². The summed E-state index contributed by atoms with van der Waals surface area (Å²) in [5.41, 5.74) is 2.20. The summed E-state index contributed by atoms with van der Waals surface area (Å²) in [5.74, 6) is 1.57. The maximum absolute atomic E-state index is 5.82. The number of thioether (sulfide) groups is 1. The number of tetrazole rings is 1. The zero-order chi connectivity index (χ0) is 18.8. The van der Waals surface area contributed by atoms with Crippen molar-refractivity contribution < 1.29 is 4.42 Å². The van der Waals surface area contributed by atoms with Gasteiger partial charge in [0.15, 0.2) is 0 Å². The summed E-state index contributed by atoms with van der Waals surface area (Å²) in [5, 5.41) is 23.0. The summed E-state index contributed by atoms with van der Waals surface area (Å²) >= 11 is 3.05. The van der Waals surface area contributed by atoms with Crippen LogP contribution in [0.4, 0.5) is 0 Å². The summed E-state index contributed by atoms with van der Waals surface area (Å²) in [7, 11) is 0. The number of aromatic nitrogens is 6. The standard InChI is InChI=1S/C18H18N6OS2/c1-11(2)13-6-8-14(9-7-13)24-18(21-22-23-24)27-12(3)16-19-20-17(25-16)15-5-4-10-26-15/h4-12H,1-3H3/t12-/m0/s1. The molecule has 3 heterocycles. The average molecular weight is 399 g/mol. The summed E-state index contributed by atoms with van der Waals surface area (Å²) in [6, 6.07) is 12.2. The molecule has 138 valence electrons. The van der Waals surface area contributed by atoms with Crippen LogP contribution in [0.3, 0.4) is 0 Å². The first-order valence-electron chi connectivity index (χ1n) is 8.54. The van der Waals surface area contributed by atoms with E-state index in [1.807, 2.05) is 36.6 Å². The third-order valence-electron chi connectivity index (χ3n) is 4.05. The van der Waals surface area contributed by atoms with Crippen molar-refractivity contribution in [3.05, 3.63) is 53.2 Å². The predicted octanol–water partition coefficient (Wildman–Crippen LogP) is 4.75. The molecule has 0 aliphatic carbocycles. The minimum absolute atomic E-state index is 0.0779. The van der Waals surface area contributed by atoms with Crippen molar-refractivity contribution in [3.63, 3.8) is 0 Å². The fourth-order valence-electron chi connectivity index (χ4n) is 2.52. The Kier molecular flexibility index (Phi) is 5.04. The van der Waals surface area contributed by atoms with Gasteiger partial charge in [0.2, 0.25) is 11.0 Å². The van der Waals surface area contributed by atoms with Gasteiger partial charge in [0.05, 0.1) is 15.8 Å². The zero-order valence-corrected chi connectivity index (χ0v) is 16.7. The normalized spacial score (nSPS) is 12.6. The highest BCUT2D eigenvalue weighted by molar-refractivity contribution is 7.99. The van der Waals surface area contributed by atoms with Crippen LogP contribution in [-0.2, 0) is 0 Å². The highest BCUT2D eigenvalue weighted by atomic mass is 32.2. The molecule has 0 amide bonds. The fourth-order valence-corrected chi connectivity index (χ4v) is 4.00. The molecule has 0 radical (unpaired) electrons. The summed E-state index contributed by atoms with van der Waals surface area (Å²) < 4.78 is 7.54. The molecule has 0 unspecified atom stereocenters. The van der Waals surface area contributed by atoms with Crippen LogP contribution >= 0.6 is 23.1 Å². The molecule has 9 heteroatoms. The second-order valence-electron chi connectivity index (χ2n) is 6.30. The molecule has 3 aromatic heterocycles. The van der Waals surface area contributed by atoms with Crippen molar-refractivity contribution in [2.24, 2.45) is 0 Å². The first-order valence-corrected chi connectivity index (χ1v) is 10.3. The van der Waals surface area contributed by atoms with Gasteiger partial charge in [-0.15, -0.1) is 26.6 Å². The molecule has 0 saturated heterocycles. The molecule has 4 aromatic rings. The SMILES string of the molecule is CC(C)c1ccc(-n2nnnc2S[C@@H](C)c2nnc(-c3cccs3)o2)cc1. The minimum atomic E-state index is -0.0779. The molecule has 0 bridgehead atoms. The second kappa shape index (κ2) is 7.61. The molecule has 27 heavy (non-hydrogen) atoms. The van der Waals surface area contributed by atoms with E-state index in [1.54, 1.807) is 16.0 Å². The molecule has 4 rings (SSSR count). The van der Waals surface area contributed by atoms with Gasteiger partial charge < -0.3 is 4.42 Å². The van der Waals surface area contributed by atoms with Crippen molar-refractivity contribution in [1.29, 1.82) is 0 Å². The average Bonchev–Trinajstić information content (AvgIpc) is 3.42. The summed E-state index contributed by atoms with van der Waals surface area (Å²) in [4.78, 5) is 0.959. The monoisotopic (exact) mass is 398 g/mol. The molecule has 0 saturated carbocycles. The van der Waals surface area contributed by atoms with E-state index < -0.39 is 0 Å². The number of thiophene rings is 1. The van der Waals surface area contributed by atoms with E-state index in [0.29, 0.717) is 22.9 Å². The van der Waals surface area contributed by atoms with E-state index in [0.717, 1.165) is 10.6 Å². The van der Waals surface area contributed by atoms with Gasteiger partial charge >= 0.3 is 0 Å². The Balaban J connectivity index is 1.53. The first kappa shape index (κ1) is 17.9. The van der Waals surface area contributed by atoms with E-state index >= 15 is 0 Å². The lowest BCUT2D eigenvalue weighted by Crippen LogP contribution is -2.01. The van der Waals surface area contributed by atoms with E-state index in [1.165, 1.54) is 17.3 Å². The third-order valence-corrected chi connectivity index (χ3v) is 5.93. The maximum atomic E-state index is 5.82. The topological polar surface area (TPSA) is 82.5 Å². The molecule has 0 aliphatic heterocycles. The lowest BCUT2D eigenvalue weighted by Gasteiger charge is -2.09. The predicted molar refractivity (Wildman–Crippen MR) is 105 cm³/mol. The van der Waals surface area contributed by atoms with E-state index in [9.17, 15) is 0 Å². The van der Waals surface area contributed by atoms with E-state index in [2.05, 4.69) is 51.7 Å². The van der Waals surface area contributed by atoms with Gasteiger partial charge in [-0.3, -0.25) is 0 Å². The Bertz CT molecular complexity index is 1010. The molecule has 0 fully saturated rings. The number of benzene rings is 1. The zero-order valence-electron chi connectivity index (χ0n) is 15.1. The van der Waals surface area contributed by atoms with Crippen molar-refractivity contribution >= 4 is 23.1 Å². The molecule has 0 spiro atoms. The highest BCUT2D eigenvalue weighted by Gasteiger charge is 2.20. The molecule has 0 aliphatic rings. The Morgan fingerprint density at radius 1 is 1.04 bits per heavy atom. The quantitative estimate of drug-likeness (QED) is 0.433. The van der Waals surface area contributed by atoms with Gasteiger partial charge in [-0.25, -0.2) is 0 Å². The molecule has 1 atom stereocenters. The Labute approximate surface area is 164 Å². The molecule has 7 nitrogen and oxygen atoms in total. The summed E-state index contributed by atoms with van der Waals surface area (Å²) in [6.45, 7) is 6.34. The van der Waals surface area contributed by atoms with E-state index in [4.69, 9.17) is 4.42 Å². The van der Waals surface area contributed by atoms with Gasteiger partial charge in [0.25, 0.3) is 5.89 Å². The highest BCUT2D eigenvalue weighted by Crippen LogP contribution is 2.35. The van der Waals surface area contributed by atoms with Crippen LogP contribution in [-0.4, -0.2) is 30.4 Å². The smallest absolute Gasteiger partial charge is 0.257 e. The van der Waals surface area contributed by atoms with Crippen molar-refractivity contribution in [2.75, 3.05) is 0 Å². The molecular weight excluding hydrogens is 380 g/mol. The lowest BCUT2D eigenvalue weighted by atomic mass is 10.0. The molecule has 1 aromatic carbocycles. The van der Waals surface area contributed by atoms with Gasteiger partial charge in [0, 0.05) is 0 Å². The van der Waals surface area contributed by atoms with Crippen LogP contribution in [0.15, 0.2) is 51.4 Å². The van der Waals surface area contributed by atoms with Gasteiger partial charge in [0.1, 0.15) is 0 Å². The van der Waals surface area contributed by atoms with Crippen LogP contribution in [0.5, 0.6) is 0 Å². The van der Waals surface area contributed by atoms with Gasteiger partial charge in [-0.05, 0) is 52.4 Å². The number of rotatable bonds is 6. The Morgan fingerprint density at radius 2 is 1.85 bits per heavy atom. The number of hydrogen-bond donors (Lipinski definition) is 0. The van der Waals surface area contributed by atoms with Crippen molar-refractivity contribution in [2.45, 2.75) is 37.1 Å². The van der Waals surface area contributed by atoms with Crippen LogP contribution in [0.25, 0.3) is 16.5 Å². The third kappa shape index (κ3) is 3.79. The maximum Gasteiger partial charge on any atom is 0.257 e. The summed E-state index contributed by atoms with van der Waals surface area (Å²) in [6.07, 6.45) is 0.